The fourth-order valence-electron chi connectivity index (χ4n) is 11.8. The average Bonchev–Trinajstić information content (AvgIpc) is 3.02. The van der Waals surface area contributed by atoms with Gasteiger partial charge in [0.05, 0.1) is 26.4 Å². The number of esters is 4. The second-order valence-corrected chi connectivity index (χ2v) is 32.1. The molecule has 3 N–H and O–H groups in total. The molecule has 0 aliphatic rings. The summed E-state index contributed by atoms with van der Waals surface area (Å²) in [6.07, 6.45) is 54.5. The molecule has 0 rings (SSSR count). The van der Waals surface area contributed by atoms with Crippen LogP contribution in [0.25, 0.3) is 0 Å². The minimum atomic E-state index is -4.96. The van der Waals surface area contributed by atoms with Crippen molar-refractivity contribution in [1.82, 2.24) is 0 Å². The average molecular weight is 1410 g/mol. The van der Waals surface area contributed by atoms with Gasteiger partial charge < -0.3 is 33.8 Å². The van der Waals surface area contributed by atoms with Gasteiger partial charge in [0.15, 0.2) is 12.2 Å². The van der Waals surface area contributed by atoms with E-state index in [0.29, 0.717) is 37.5 Å². The molecule has 570 valence electrons. The van der Waals surface area contributed by atoms with Crippen molar-refractivity contribution in [2.45, 2.75) is 414 Å². The molecule has 0 aromatic heterocycles. The number of ether oxygens (including phenoxy) is 4. The van der Waals surface area contributed by atoms with Gasteiger partial charge in [0, 0.05) is 25.7 Å². The number of carbonyl (C=O) groups excluding carboxylic acids is 4. The van der Waals surface area contributed by atoms with E-state index in [9.17, 15) is 43.2 Å². The Labute approximate surface area is 588 Å². The number of hydrogen-bond donors (Lipinski definition) is 3. The van der Waals surface area contributed by atoms with Crippen LogP contribution in [0.5, 0.6) is 0 Å². The molecule has 0 aromatic carbocycles. The van der Waals surface area contributed by atoms with Crippen LogP contribution in [0.15, 0.2) is 0 Å². The molecule has 0 saturated carbocycles. The number of phosphoric acid groups is 2. The zero-order valence-electron chi connectivity index (χ0n) is 62.8. The van der Waals surface area contributed by atoms with E-state index in [1.54, 1.807) is 0 Å². The van der Waals surface area contributed by atoms with Crippen LogP contribution in [-0.2, 0) is 65.4 Å². The van der Waals surface area contributed by atoms with Crippen LogP contribution in [0.3, 0.4) is 0 Å². The lowest BCUT2D eigenvalue weighted by molar-refractivity contribution is -0.161. The van der Waals surface area contributed by atoms with E-state index in [-0.39, 0.29) is 25.7 Å². The van der Waals surface area contributed by atoms with Gasteiger partial charge in [-0.3, -0.25) is 37.3 Å². The van der Waals surface area contributed by atoms with Crippen molar-refractivity contribution >= 4 is 39.5 Å². The van der Waals surface area contributed by atoms with Gasteiger partial charge in [-0.15, -0.1) is 0 Å². The summed E-state index contributed by atoms with van der Waals surface area (Å²) in [6.45, 7) is 11.8. The number of aliphatic hydroxyl groups is 1. The maximum absolute atomic E-state index is 13.1. The largest absolute Gasteiger partial charge is 0.472 e. The Kier molecular flexibility index (Phi) is 66.2. The fourth-order valence-corrected chi connectivity index (χ4v) is 13.4. The van der Waals surface area contributed by atoms with Gasteiger partial charge >= 0.3 is 39.5 Å². The highest BCUT2D eigenvalue weighted by Gasteiger charge is 2.30. The molecule has 0 aliphatic heterocycles. The second kappa shape index (κ2) is 67.5. The Bertz CT molecular complexity index is 1870. The molecule has 0 saturated heterocycles. The lowest BCUT2D eigenvalue weighted by atomic mass is 10.0. The number of phosphoric ester groups is 2. The smallest absolute Gasteiger partial charge is 0.462 e. The van der Waals surface area contributed by atoms with Crippen LogP contribution >= 0.6 is 15.6 Å². The quantitative estimate of drug-likeness (QED) is 0.0222. The second-order valence-electron chi connectivity index (χ2n) is 29.2. The minimum Gasteiger partial charge on any atom is -0.462 e. The Morgan fingerprint density at radius 3 is 0.708 bits per heavy atom. The normalized spacial score (nSPS) is 14.1. The Balaban J connectivity index is 5.20. The van der Waals surface area contributed by atoms with Crippen molar-refractivity contribution < 1.29 is 80.2 Å². The van der Waals surface area contributed by atoms with E-state index in [2.05, 4.69) is 48.5 Å². The predicted octanol–water partition coefficient (Wildman–Crippen LogP) is 22.6. The molecule has 0 heterocycles. The van der Waals surface area contributed by atoms with E-state index in [1.165, 1.54) is 199 Å². The SMILES string of the molecule is CCCCCCCCCCCCCCCCCCCCC(=O)OC[C@H](COP(=O)(O)OC[C@@H](O)COP(=O)(O)OC[C@@H](COC(=O)CCCCCCCCC(C)C)OC(=O)CCCCCCCCCC(C)C)OC(=O)CCCCCCCCCCCCCCCCCCC(C)C. The Hall–Kier alpha value is -1.94. The van der Waals surface area contributed by atoms with Gasteiger partial charge in [0.2, 0.25) is 0 Å². The summed E-state index contributed by atoms with van der Waals surface area (Å²) in [5.41, 5.74) is 0. The van der Waals surface area contributed by atoms with Gasteiger partial charge in [-0.2, -0.15) is 0 Å². The first kappa shape index (κ1) is 94.1. The van der Waals surface area contributed by atoms with Crippen molar-refractivity contribution in [3.63, 3.8) is 0 Å². The van der Waals surface area contributed by atoms with Crippen molar-refractivity contribution in [3.05, 3.63) is 0 Å². The van der Waals surface area contributed by atoms with Crippen LogP contribution in [0.1, 0.15) is 395 Å². The van der Waals surface area contributed by atoms with Crippen LogP contribution in [0.4, 0.5) is 0 Å². The first-order chi connectivity index (χ1) is 46.2. The highest BCUT2D eigenvalue weighted by molar-refractivity contribution is 7.47. The van der Waals surface area contributed by atoms with Crippen LogP contribution in [-0.4, -0.2) is 96.7 Å². The molecule has 0 fully saturated rings. The molecular formula is C77H150O17P2. The van der Waals surface area contributed by atoms with Gasteiger partial charge in [0.25, 0.3) is 0 Å². The van der Waals surface area contributed by atoms with E-state index >= 15 is 0 Å². The van der Waals surface area contributed by atoms with E-state index in [4.69, 9.17) is 37.0 Å². The number of aliphatic hydroxyl groups excluding tert-OH is 1. The van der Waals surface area contributed by atoms with Crippen molar-refractivity contribution in [3.8, 4) is 0 Å². The minimum absolute atomic E-state index is 0.102. The molecule has 96 heavy (non-hydrogen) atoms. The molecule has 0 radical (unpaired) electrons. The number of unbranched alkanes of at least 4 members (excludes halogenated alkanes) is 43. The molecule has 5 atom stereocenters. The van der Waals surface area contributed by atoms with E-state index in [1.807, 2.05) is 0 Å². The van der Waals surface area contributed by atoms with Crippen molar-refractivity contribution in [2.75, 3.05) is 39.6 Å². The summed E-state index contributed by atoms with van der Waals surface area (Å²) < 4.78 is 68.5. The van der Waals surface area contributed by atoms with Gasteiger partial charge in [-0.1, -0.05) is 344 Å². The standard InChI is InChI=1S/C77H150O17P2/c1-8-9-10-11-12-13-14-15-16-17-18-22-25-28-31-36-44-51-58-74(79)87-64-72(93-76(81)60-53-46-37-32-29-26-23-20-19-21-24-27-30-34-41-48-55-68(2)3)66-91-95(83,84)89-62-71(78)63-90-96(85,86)92-67-73(65-88-75(80)59-52-45-40-39-43-50-57-70(6)7)94-77(82)61-54-47-38-33-35-42-49-56-69(4)5/h68-73,78H,8-67H2,1-7H3,(H,83,84)(H,85,86)/t71-,72-,73-/m1/s1. The Morgan fingerprint density at radius 2 is 0.479 bits per heavy atom. The topological polar surface area (TPSA) is 237 Å². The van der Waals surface area contributed by atoms with Crippen molar-refractivity contribution in [1.29, 1.82) is 0 Å². The summed E-state index contributed by atoms with van der Waals surface area (Å²) in [5.74, 6) is 0.0627. The van der Waals surface area contributed by atoms with E-state index in [0.717, 1.165) is 102 Å². The van der Waals surface area contributed by atoms with Crippen molar-refractivity contribution in [2.24, 2.45) is 17.8 Å². The van der Waals surface area contributed by atoms with Crippen LogP contribution in [0, 0.1) is 17.8 Å². The highest BCUT2D eigenvalue weighted by Crippen LogP contribution is 2.45. The number of hydrogen-bond acceptors (Lipinski definition) is 15. The molecule has 0 aliphatic carbocycles. The molecule has 0 bridgehead atoms. The molecule has 0 amide bonds. The van der Waals surface area contributed by atoms with Crippen LogP contribution < -0.4 is 0 Å². The monoisotopic (exact) mass is 1410 g/mol. The van der Waals surface area contributed by atoms with Crippen LogP contribution in [0.2, 0.25) is 0 Å². The summed E-state index contributed by atoms with van der Waals surface area (Å²) in [4.78, 5) is 72.7. The van der Waals surface area contributed by atoms with Gasteiger partial charge in [-0.05, 0) is 43.4 Å². The first-order valence-electron chi connectivity index (χ1n) is 39.8. The third-order valence-electron chi connectivity index (χ3n) is 17.9. The fraction of sp³-hybridized carbons (Fsp3) is 0.948. The lowest BCUT2D eigenvalue weighted by Gasteiger charge is -2.21. The highest BCUT2D eigenvalue weighted by atomic mass is 31.2. The summed E-state index contributed by atoms with van der Waals surface area (Å²) in [6, 6.07) is 0. The molecule has 0 aromatic rings. The summed E-state index contributed by atoms with van der Waals surface area (Å²) in [7, 11) is -9.91. The number of carbonyl (C=O) groups is 4. The zero-order chi connectivity index (χ0) is 70.9. The third-order valence-corrected chi connectivity index (χ3v) is 19.8. The summed E-state index contributed by atoms with van der Waals surface area (Å²) >= 11 is 0. The van der Waals surface area contributed by atoms with Gasteiger partial charge in [0.1, 0.15) is 19.3 Å². The molecule has 2 unspecified atom stereocenters. The number of rotatable bonds is 75. The lowest BCUT2D eigenvalue weighted by Crippen LogP contribution is -2.30. The molecule has 19 heteroatoms. The molecule has 17 nitrogen and oxygen atoms in total. The van der Waals surface area contributed by atoms with E-state index < -0.39 is 97.5 Å². The van der Waals surface area contributed by atoms with Gasteiger partial charge in [-0.25, -0.2) is 9.13 Å². The molecule has 0 spiro atoms. The zero-order valence-corrected chi connectivity index (χ0v) is 64.6. The maximum atomic E-state index is 13.1. The maximum Gasteiger partial charge on any atom is 0.472 e. The Morgan fingerprint density at radius 1 is 0.281 bits per heavy atom. The predicted molar refractivity (Wildman–Crippen MR) is 391 cm³/mol. The first-order valence-corrected chi connectivity index (χ1v) is 42.8. The third kappa shape index (κ3) is 70.5. The summed E-state index contributed by atoms with van der Waals surface area (Å²) in [5, 5.41) is 10.6. The molecular weight excluding hydrogens is 1260 g/mol.